The molecule has 84 valence electrons. The highest BCUT2D eigenvalue weighted by Crippen LogP contribution is 2.28. The number of para-hydroxylation sites is 1. The summed E-state index contributed by atoms with van der Waals surface area (Å²) < 4.78 is 0. The first-order valence-electron chi connectivity index (χ1n) is 5.51. The van der Waals surface area contributed by atoms with E-state index in [0.29, 0.717) is 0 Å². The monoisotopic (exact) mass is 224 g/mol. The normalized spacial score (nSPS) is 13.5. The van der Waals surface area contributed by atoms with Crippen LogP contribution in [0.25, 0.3) is 0 Å². The molecule has 0 saturated carbocycles. The number of phenolic OH excluding ortho intramolecular Hbond substituents is 1. The Morgan fingerprint density at radius 3 is 2.82 bits per heavy atom. The van der Waals surface area contributed by atoms with Crippen LogP contribution in [0.1, 0.15) is 5.56 Å². The zero-order chi connectivity index (χ0) is 11.7. The molecule has 0 aliphatic carbocycles. The number of hydrogen-bond acceptors (Lipinski definition) is 3. The largest absolute Gasteiger partial charge is 0.508 e. The maximum atomic E-state index is 9.47. The van der Waals surface area contributed by atoms with E-state index in [1.807, 2.05) is 35.2 Å². The van der Waals surface area contributed by atoms with Crippen LogP contribution < -0.4 is 4.90 Å². The fourth-order valence-electron chi connectivity index (χ4n) is 1.96. The van der Waals surface area contributed by atoms with Gasteiger partial charge in [-0.2, -0.15) is 0 Å². The van der Waals surface area contributed by atoms with Gasteiger partial charge in [0.25, 0.3) is 0 Å². The lowest BCUT2D eigenvalue weighted by molar-refractivity contribution is 0.475. The fourth-order valence-corrected chi connectivity index (χ4v) is 1.96. The van der Waals surface area contributed by atoms with E-state index in [-0.39, 0.29) is 5.75 Å². The predicted octanol–water partition coefficient (Wildman–Crippen LogP) is 3.07. The highest BCUT2D eigenvalue weighted by molar-refractivity contribution is 5.84. The standard InChI is InChI=1S/C14H12N2O/c17-13-6-3-5-12(8-13)16-9-11-4-1-2-7-14(11)15-10-16/h1-8,10,17H,9H2. The summed E-state index contributed by atoms with van der Waals surface area (Å²) in [5.74, 6) is 0.273. The SMILES string of the molecule is Oc1cccc(N2C=Nc3ccccc3C2)c1. The Hall–Kier alpha value is -2.29. The van der Waals surface area contributed by atoms with Crippen molar-refractivity contribution in [3.05, 3.63) is 54.1 Å². The Labute approximate surface area is 99.7 Å². The van der Waals surface area contributed by atoms with Gasteiger partial charge in [0, 0.05) is 11.8 Å². The van der Waals surface area contributed by atoms with E-state index in [1.165, 1.54) is 5.56 Å². The van der Waals surface area contributed by atoms with Gasteiger partial charge in [0.2, 0.25) is 0 Å². The molecule has 0 atom stereocenters. The lowest BCUT2D eigenvalue weighted by Gasteiger charge is -2.24. The second-order valence-corrected chi connectivity index (χ2v) is 4.02. The van der Waals surface area contributed by atoms with E-state index in [2.05, 4.69) is 11.1 Å². The summed E-state index contributed by atoms with van der Waals surface area (Å²) in [7, 11) is 0. The summed E-state index contributed by atoms with van der Waals surface area (Å²) in [4.78, 5) is 6.42. The van der Waals surface area contributed by atoms with Gasteiger partial charge in [-0.05, 0) is 23.8 Å². The number of anilines is 1. The van der Waals surface area contributed by atoms with Gasteiger partial charge in [0.1, 0.15) is 5.75 Å². The van der Waals surface area contributed by atoms with Gasteiger partial charge in [-0.25, -0.2) is 4.99 Å². The van der Waals surface area contributed by atoms with E-state index in [4.69, 9.17) is 0 Å². The summed E-state index contributed by atoms with van der Waals surface area (Å²) in [5.41, 5.74) is 3.16. The molecular formula is C14H12N2O. The maximum Gasteiger partial charge on any atom is 0.117 e. The van der Waals surface area contributed by atoms with Crippen molar-refractivity contribution in [2.75, 3.05) is 4.90 Å². The number of phenols is 1. The van der Waals surface area contributed by atoms with Crippen molar-refractivity contribution in [2.24, 2.45) is 4.99 Å². The van der Waals surface area contributed by atoms with Crippen LogP contribution in [0.4, 0.5) is 11.4 Å². The molecule has 1 heterocycles. The third kappa shape index (κ3) is 1.87. The van der Waals surface area contributed by atoms with Crippen molar-refractivity contribution >= 4 is 17.7 Å². The number of hydrogen-bond donors (Lipinski definition) is 1. The van der Waals surface area contributed by atoms with Gasteiger partial charge in [-0.15, -0.1) is 0 Å². The molecule has 3 rings (SSSR count). The molecule has 0 radical (unpaired) electrons. The summed E-state index contributed by atoms with van der Waals surface area (Å²) >= 11 is 0. The Kier molecular flexibility index (Phi) is 2.29. The van der Waals surface area contributed by atoms with E-state index in [9.17, 15) is 5.11 Å². The first-order chi connectivity index (χ1) is 8.33. The summed E-state index contributed by atoms with van der Waals surface area (Å²) in [6.07, 6.45) is 1.80. The molecule has 2 aromatic carbocycles. The van der Waals surface area contributed by atoms with Crippen LogP contribution in [0.2, 0.25) is 0 Å². The van der Waals surface area contributed by atoms with Crippen LogP contribution in [-0.2, 0) is 6.54 Å². The van der Waals surface area contributed by atoms with Crippen molar-refractivity contribution in [1.82, 2.24) is 0 Å². The fraction of sp³-hybridized carbons (Fsp3) is 0.0714. The molecule has 0 saturated heterocycles. The van der Waals surface area contributed by atoms with Gasteiger partial charge in [-0.3, -0.25) is 0 Å². The minimum Gasteiger partial charge on any atom is -0.508 e. The molecule has 2 aromatic rings. The van der Waals surface area contributed by atoms with Crippen molar-refractivity contribution in [3.8, 4) is 5.75 Å². The lowest BCUT2D eigenvalue weighted by atomic mass is 10.1. The van der Waals surface area contributed by atoms with Crippen LogP contribution in [0.3, 0.4) is 0 Å². The number of rotatable bonds is 1. The number of aliphatic imine (C=N–C) groups is 1. The van der Waals surface area contributed by atoms with E-state index in [1.54, 1.807) is 18.5 Å². The molecule has 17 heavy (non-hydrogen) atoms. The minimum atomic E-state index is 0.273. The molecule has 0 spiro atoms. The highest BCUT2D eigenvalue weighted by atomic mass is 16.3. The van der Waals surface area contributed by atoms with Crippen LogP contribution in [0.15, 0.2) is 53.5 Å². The number of aromatic hydroxyl groups is 1. The lowest BCUT2D eigenvalue weighted by Crippen LogP contribution is -2.22. The first kappa shape index (κ1) is 9.90. The topological polar surface area (TPSA) is 35.8 Å². The molecule has 0 bridgehead atoms. The van der Waals surface area contributed by atoms with Crippen LogP contribution in [0, 0.1) is 0 Å². The smallest absolute Gasteiger partial charge is 0.117 e. The predicted molar refractivity (Wildman–Crippen MR) is 68.9 cm³/mol. The quantitative estimate of drug-likeness (QED) is 0.808. The van der Waals surface area contributed by atoms with Gasteiger partial charge in [-0.1, -0.05) is 24.3 Å². The highest BCUT2D eigenvalue weighted by Gasteiger charge is 2.12. The van der Waals surface area contributed by atoms with Gasteiger partial charge in [0.15, 0.2) is 0 Å². The summed E-state index contributed by atoms with van der Waals surface area (Å²) in [6, 6.07) is 15.3. The number of benzene rings is 2. The van der Waals surface area contributed by atoms with Crippen molar-refractivity contribution in [2.45, 2.75) is 6.54 Å². The van der Waals surface area contributed by atoms with Gasteiger partial charge < -0.3 is 10.0 Å². The Morgan fingerprint density at radius 2 is 1.94 bits per heavy atom. The molecular weight excluding hydrogens is 212 g/mol. The molecule has 1 N–H and O–H groups in total. The van der Waals surface area contributed by atoms with Gasteiger partial charge >= 0.3 is 0 Å². The van der Waals surface area contributed by atoms with Crippen LogP contribution >= 0.6 is 0 Å². The van der Waals surface area contributed by atoms with Gasteiger partial charge in [0.05, 0.1) is 18.6 Å². The number of nitrogens with zero attached hydrogens (tertiary/aromatic N) is 2. The maximum absolute atomic E-state index is 9.47. The molecule has 0 amide bonds. The van der Waals surface area contributed by atoms with E-state index < -0.39 is 0 Å². The minimum absolute atomic E-state index is 0.273. The Bertz CT molecular complexity index is 578. The van der Waals surface area contributed by atoms with Crippen molar-refractivity contribution < 1.29 is 5.11 Å². The first-order valence-corrected chi connectivity index (χ1v) is 5.51. The zero-order valence-electron chi connectivity index (χ0n) is 9.24. The summed E-state index contributed by atoms with van der Waals surface area (Å²) in [6.45, 7) is 0.781. The molecule has 0 aromatic heterocycles. The zero-order valence-corrected chi connectivity index (χ0v) is 9.24. The molecule has 3 heteroatoms. The average Bonchev–Trinajstić information content (AvgIpc) is 2.38. The molecule has 3 nitrogen and oxygen atoms in total. The van der Waals surface area contributed by atoms with Crippen LogP contribution in [0.5, 0.6) is 5.75 Å². The molecule has 0 fully saturated rings. The third-order valence-electron chi connectivity index (χ3n) is 2.83. The average molecular weight is 224 g/mol. The Balaban J connectivity index is 1.95. The van der Waals surface area contributed by atoms with Crippen molar-refractivity contribution in [1.29, 1.82) is 0 Å². The van der Waals surface area contributed by atoms with Crippen LogP contribution in [-0.4, -0.2) is 11.4 Å². The number of fused-ring (bicyclic) bond motifs is 1. The molecule has 0 unspecified atom stereocenters. The van der Waals surface area contributed by atoms with E-state index >= 15 is 0 Å². The second-order valence-electron chi connectivity index (χ2n) is 4.02. The summed E-state index contributed by atoms with van der Waals surface area (Å²) in [5, 5.41) is 9.47. The molecule has 1 aliphatic rings. The second kappa shape index (κ2) is 3.94. The molecule has 1 aliphatic heterocycles. The van der Waals surface area contributed by atoms with Crippen molar-refractivity contribution in [3.63, 3.8) is 0 Å². The Morgan fingerprint density at radius 1 is 1.06 bits per heavy atom. The third-order valence-corrected chi connectivity index (χ3v) is 2.83. The van der Waals surface area contributed by atoms with E-state index in [0.717, 1.165) is 17.9 Å².